The molecule has 0 radical (unpaired) electrons. The Labute approximate surface area is 91.4 Å². The number of hydrogen-bond acceptors (Lipinski definition) is 3. The highest BCUT2D eigenvalue weighted by atomic mass is 35.5. The van der Waals surface area contributed by atoms with Crippen molar-refractivity contribution >= 4 is 24.8 Å². The van der Waals surface area contributed by atoms with Crippen LogP contribution in [0.3, 0.4) is 0 Å². The molecular weight excluding hydrogens is 211 g/mol. The monoisotopic (exact) mass is 226 g/mol. The van der Waals surface area contributed by atoms with Crippen LogP contribution in [0.1, 0.15) is 0 Å². The van der Waals surface area contributed by atoms with E-state index in [-0.39, 0.29) is 30.9 Å². The van der Waals surface area contributed by atoms with E-state index in [9.17, 15) is 0 Å². The Morgan fingerprint density at radius 2 is 2.31 bits per heavy atom. The molecule has 1 aliphatic heterocycles. The summed E-state index contributed by atoms with van der Waals surface area (Å²) in [7, 11) is 0. The predicted octanol–water partition coefficient (Wildman–Crippen LogP) is 1.15. The molecule has 1 atom stereocenters. The number of rotatable bonds is 3. The molecule has 0 aromatic carbocycles. The zero-order valence-corrected chi connectivity index (χ0v) is 9.02. The summed E-state index contributed by atoms with van der Waals surface area (Å²) in [4.78, 5) is 5.29. The van der Waals surface area contributed by atoms with E-state index < -0.39 is 0 Å². The lowest BCUT2D eigenvalue weighted by Crippen LogP contribution is -2.39. The van der Waals surface area contributed by atoms with Gasteiger partial charge in [0.1, 0.15) is 0 Å². The Bertz CT molecular complexity index is 164. The lowest BCUT2D eigenvalue weighted by molar-refractivity contribution is -0.143. The first-order valence-electron chi connectivity index (χ1n) is 3.74. The molecule has 0 aromatic heterocycles. The van der Waals surface area contributed by atoms with Crippen molar-refractivity contribution in [3.63, 3.8) is 0 Å². The van der Waals surface area contributed by atoms with Crippen molar-refractivity contribution < 1.29 is 4.84 Å². The van der Waals surface area contributed by atoms with Crippen molar-refractivity contribution in [2.24, 2.45) is 5.73 Å². The third-order valence-electron chi connectivity index (χ3n) is 1.48. The topological polar surface area (TPSA) is 38.5 Å². The molecule has 13 heavy (non-hydrogen) atoms. The normalized spacial score (nSPS) is 21.5. The minimum Gasteiger partial charge on any atom is -0.323 e. The van der Waals surface area contributed by atoms with Gasteiger partial charge in [-0.3, -0.25) is 4.84 Å². The van der Waals surface area contributed by atoms with Crippen LogP contribution in [0.15, 0.2) is 24.8 Å². The number of nitrogens with two attached hydrogens (primary N) is 1. The Morgan fingerprint density at radius 3 is 2.85 bits per heavy atom. The molecule has 1 heterocycles. The van der Waals surface area contributed by atoms with Crippen LogP contribution in [0, 0.1) is 0 Å². The second-order valence-corrected chi connectivity index (χ2v) is 2.52. The zero-order chi connectivity index (χ0) is 8.10. The average Bonchev–Trinajstić information content (AvgIpc) is 2.01. The predicted molar refractivity (Wildman–Crippen MR) is 59.3 cm³/mol. The van der Waals surface area contributed by atoms with Gasteiger partial charge in [0.15, 0.2) is 0 Å². The van der Waals surface area contributed by atoms with Gasteiger partial charge in [-0.2, -0.15) is 5.06 Å². The number of hydrogen-bond donors (Lipinski definition) is 1. The van der Waals surface area contributed by atoms with Gasteiger partial charge >= 0.3 is 0 Å². The summed E-state index contributed by atoms with van der Waals surface area (Å²) < 4.78 is 0. The summed E-state index contributed by atoms with van der Waals surface area (Å²) in [5.41, 5.74) is 5.66. The maximum Gasteiger partial charge on any atom is 0.0864 e. The highest BCUT2D eigenvalue weighted by Gasteiger charge is 2.10. The van der Waals surface area contributed by atoms with Gasteiger partial charge in [-0.05, 0) is 0 Å². The van der Waals surface area contributed by atoms with E-state index >= 15 is 0 Å². The molecule has 0 aromatic rings. The Morgan fingerprint density at radius 1 is 1.62 bits per heavy atom. The molecule has 1 aliphatic rings. The molecule has 0 aliphatic carbocycles. The lowest BCUT2D eigenvalue weighted by Gasteiger charge is -2.25. The van der Waals surface area contributed by atoms with Crippen LogP contribution < -0.4 is 5.73 Å². The molecular formula is C8H16Cl2N2O. The van der Waals surface area contributed by atoms with Crippen LogP contribution in [0.5, 0.6) is 0 Å². The fourth-order valence-corrected chi connectivity index (χ4v) is 0.987. The summed E-state index contributed by atoms with van der Waals surface area (Å²) in [6.07, 6.45) is 5.73. The first-order valence-corrected chi connectivity index (χ1v) is 3.74. The van der Waals surface area contributed by atoms with Gasteiger partial charge in [0, 0.05) is 19.1 Å². The summed E-state index contributed by atoms with van der Waals surface area (Å²) >= 11 is 0. The zero-order valence-electron chi connectivity index (χ0n) is 7.39. The summed E-state index contributed by atoms with van der Waals surface area (Å²) in [5, 5.41) is 1.84. The molecule has 0 spiro atoms. The van der Waals surface area contributed by atoms with Crippen LogP contribution in [-0.4, -0.2) is 30.8 Å². The molecule has 0 fully saturated rings. The summed E-state index contributed by atoms with van der Waals surface area (Å²) in [6.45, 7) is 5.71. The van der Waals surface area contributed by atoms with Gasteiger partial charge in [0.2, 0.25) is 0 Å². The first-order chi connectivity index (χ1) is 5.33. The fraction of sp³-hybridized carbons (Fsp3) is 0.500. The Hall–Kier alpha value is -0.0600. The van der Waals surface area contributed by atoms with Crippen molar-refractivity contribution in [1.29, 1.82) is 0 Å². The fourth-order valence-electron chi connectivity index (χ4n) is 0.987. The molecule has 0 saturated carbocycles. The highest BCUT2D eigenvalue weighted by molar-refractivity contribution is 5.85. The summed E-state index contributed by atoms with van der Waals surface area (Å²) in [5.74, 6) is 0. The third kappa shape index (κ3) is 6.07. The summed E-state index contributed by atoms with van der Waals surface area (Å²) in [6, 6.07) is 0.105. The average molecular weight is 227 g/mol. The molecule has 0 bridgehead atoms. The van der Waals surface area contributed by atoms with Gasteiger partial charge in [0.05, 0.1) is 6.61 Å². The molecule has 1 unspecified atom stereocenters. The quantitative estimate of drug-likeness (QED) is 0.735. The lowest BCUT2D eigenvalue weighted by atomic mass is 10.2. The van der Waals surface area contributed by atoms with Crippen molar-refractivity contribution in [3.05, 3.63) is 24.8 Å². The minimum absolute atomic E-state index is 0. The Balaban J connectivity index is 0. The van der Waals surface area contributed by atoms with E-state index in [1.807, 2.05) is 17.2 Å². The largest absolute Gasteiger partial charge is 0.323 e. The maximum absolute atomic E-state index is 5.66. The van der Waals surface area contributed by atoms with Crippen LogP contribution in [0.2, 0.25) is 0 Å². The van der Waals surface area contributed by atoms with Crippen LogP contribution >= 0.6 is 24.8 Å². The van der Waals surface area contributed by atoms with Crippen LogP contribution in [0.4, 0.5) is 0 Å². The van der Waals surface area contributed by atoms with Crippen LogP contribution in [-0.2, 0) is 4.84 Å². The second kappa shape index (κ2) is 8.53. The van der Waals surface area contributed by atoms with E-state index in [0.29, 0.717) is 6.61 Å². The van der Waals surface area contributed by atoms with E-state index in [1.165, 1.54) is 0 Å². The minimum atomic E-state index is 0. The van der Waals surface area contributed by atoms with Gasteiger partial charge in [-0.25, -0.2) is 0 Å². The molecule has 0 amide bonds. The van der Waals surface area contributed by atoms with Crippen molar-refractivity contribution in [2.45, 2.75) is 6.04 Å². The van der Waals surface area contributed by atoms with Crippen molar-refractivity contribution in [1.82, 2.24) is 5.06 Å². The van der Waals surface area contributed by atoms with Gasteiger partial charge in [-0.15, -0.1) is 31.4 Å². The molecule has 0 saturated heterocycles. The van der Waals surface area contributed by atoms with Crippen LogP contribution in [0.25, 0.3) is 0 Å². The van der Waals surface area contributed by atoms with Gasteiger partial charge < -0.3 is 5.73 Å². The smallest absolute Gasteiger partial charge is 0.0864 e. The maximum atomic E-state index is 5.66. The van der Waals surface area contributed by atoms with Gasteiger partial charge in [-0.1, -0.05) is 18.2 Å². The molecule has 1 rings (SSSR count). The second-order valence-electron chi connectivity index (χ2n) is 2.52. The molecule has 3 nitrogen and oxygen atoms in total. The molecule has 5 heteroatoms. The van der Waals surface area contributed by atoms with Crippen molar-refractivity contribution in [3.8, 4) is 0 Å². The van der Waals surface area contributed by atoms with E-state index in [4.69, 9.17) is 10.6 Å². The van der Waals surface area contributed by atoms with Crippen molar-refractivity contribution in [2.75, 3.05) is 19.7 Å². The molecule has 78 valence electrons. The standard InChI is InChI=1S/C8H14N2O.2ClH/c1-2-6-11-10-5-3-4-8(9)7-10;;/h2-4,8H,1,5-7,9H2;2*1H. The highest BCUT2D eigenvalue weighted by Crippen LogP contribution is 2.00. The van der Waals surface area contributed by atoms with Gasteiger partial charge in [0.25, 0.3) is 0 Å². The number of halogens is 2. The number of hydroxylamine groups is 2. The molecule has 2 N–H and O–H groups in total. The number of nitrogens with zero attached hydrogens (tertiary/aromatic N) is 1. The van der Waals surface area contributed by atoms with E-state index in [0.717, 1.165) is 13.1 Å². The van der Waals surface area contributed by atoms with E-state index in [2.05, 4.69) is 6.58 Å². The first kappa shape index (κ1) is 15.4. The third-order valence-corrected chi connectivity index (χ3v) is 1.48. The van der Waals surface area contributed by atoms with E-state index in [1.54, 1.807) is 6.08 Å². The Kier molecular flexibility index (Phi) is 10.1. The SMILES string of the molecule is C=CCON1CC=CC(N)C1.Cl.Cl.